The minimum Gasteiger partial charge on any atom is -0.465 e. The van der Waals surface area contributed by atoms with Crippen molar-refractivity contribution in [2.75, 3.05) is 12.4 Å². The van der Waals surface area contributed by atoms with Crippen molar-refractivity contribution < 1.29 is 9.53 Å². The summed E-state index contributed by atoms with van der Waals surface area (Å²) in [5, 5.41) is 0. The van der Waals surface area contributed by atoms with Gasteiger partial charge in [0.05, 0.1) is 12.4 Å². The number of ether oxygens (including phenoxy) is 1. The summed E-state index contributed by atoms with van der Waals surface area (Å²) in [5.41, 5.74) is 0.298. The van der Waals surface area contributed by atoms with Crippen LogP contribution in [0.1, 0.15) is 34.1 Å². The summed E-state index contributed by atoms with van der Waals surface area (Å²) in [6.45, 7) is 9.16. The van der Waals surface area contributed by atoms with Crippen molar-refractivity contribution in [3.63, 3.8) is 0 Å². The minimum absolute atomic E-state index is 0.169. The first-order chi connectivity index (χ1) is 5.85. The van der Waals surface area contributed by atoms with Crippen LogP contribution in [-0.4, -0.2) is 18.3 Å². The topological polar surface area (TPSA) is 26.3 Å². The van der Waals surface area contributed by atoms with Crippen LogP contribution in [0.15, 0.2) is 0 Å². The van der Waals surface area contributed by atoms with E-state index in [4.69, 9.17) is 4.74 Å². The average molecular weight is 204 g/mol. The molecule has 13 heavy (non-hydrogen) atoms. The zero-order chi connectivity index (χ0) is 10.5. The molecule has 0 saturated heterocycles. The highest BCUT2D eigenvalue weighted by Crippen LogP contribution is 2.24. The van der Waals surface area contributed by atoms with Crippen LogP contribution in [0.5, 0.6) is 0 Å². The van der Waals surface area contributed by atoms with Gasteiger partial charge in [0, 0.05) is 0 Å². The molecule has 0 bridgehead atoms. The van der Waals surface area contributed by atoms with Crippen LogP contribution in [0.2, 0.25) is 0 Å². The van der Waals surface area contributed by atoms with Crippen LogP contribution >= 0.6 is 12.6 Å². The lowest BCUT2D eigenvalue weighted by molar-refractivity contribution is -0.141. The Balaban J connectivity index is 3.63. The Morgan fingerprint density at radius 3 is 2.38 bits per heavy atom. The third-order valence-electron chi connectivity index (χ3n) is 1.62. The second-order valence-corrected chi connectivity index (χ2v) is 5.03. The summed E-state index contributed by atoms with van der Waals surface area (Å²) in [7, 11) is 0. The second kappa shape index (κ2) is 5.53. The fraction of sp³-hybridized carbons (Fsp3) is 0.900. The third-order valence-corrected chi connectivity index (χ3v) is 1.88. The zero-order valence-electron chi connectivity index (χ0n) is 8.96. The Morgan fingerprint density at radius 1 is 1.46 bits per heavy atom. The van der Waals surface area contributed by atoms with E-state index in [1.54, 1.807) is 0 Å². The molecule has 0 aliphatic rings. The summed E-state index contributed by atoms with van der Waals surface area (Å²) in [6, 6.07) is 0. The van der Waals surface area contributed by atoms with E-state index in [1.807, 2.05) is 0 Å². The molecule has 0 aliphatic heterocycles. The molecule has 2 nitrogen and oxygen atoms in total. The largest absolute Gasteiger partial charge is 0.465 e. The van der Waals surface area contributed by atoms with E-state index in [0.29, 0.717) is 17.9 Å². The predicted octanol–water partition coefficient (Wildman–Crippen LogP) is 2.53. The SMILES string of the molecule is C[C@H](COC(=O)CS)CC(C)(C)C. The quantitative estimate of drug-likeness (QED) is 0.562. The summed E-state index contributed by atoms with van der Waals surface area (Å²) in [5.74, 6) is 0.357. The maximum Gasteiger partial charge on any atom is 0.315 e. The van der Waals surface area contributed by atoms with Gasteiger partial charge in [-0.3, -0.25) is 4.79 Å². The van der Waals surface area contributed by atoms with Crippen LogP contribution < -0.4 is 0 Å². The number of carbonyl (C=O) groups is 1. The van der Waals surface area contributed by atoms with Gasteiger partial charge >= 0.3 is 5.97 Å². The Bertz CT molecular complexity index is 161. The molecule has 0 N–H and O–H groups in total. The van der Waals surface area contributed by atoms with Gasteiger partial charge in [-0.2, -0.15) is 12.6 Å². The molecule has 0 aromatic carbocycles. The fourth-order valence-corrected chi connectivity index (χ4v) is 1.48. The Kier molecular flexibility index (Phi) is 5.45. The van der Waals surface area contributed by atoms with Gasteiger partial charge in [0.25, 0.3) is 0 Å². The number of esters is 1. The van der Waals surface area contributed by atoms with Crippen LogP contribution in [0.25, 0.3) is 0 Å². The molecule has 0 heterocycles. The Hall–Kier alpha value is -0.180. The summed E-state index contributed by atoms with van der Waals surface area (Å²) >= 11 is 3.83. The zero-order valence-corrected chi connectivity index (χ0v) is 9.86. The molecule has 3 heteroatoms. The van der Waals surface area contributed by atoms with E-state index in [1.165, 1.54) is 0 Å². The molecule has 0 aromatic heterocycles. The molecule has 0 aliphatic carbocycles. The molecular weight excluding hydrogens is 184 g/mol. The van der Waals surface area contributed by atoms with Gasteiger partial charge in [-0.1, -0.05) is 27.7 Å². The standard InChI is InChI=1S/C10H20O2S/c1-8(5-10(2,3)4)6-12-9(11)7-13/h8,13H,5-7H2,1-4H3/t8-/m0/s1. The summed E-state index contributed by atoms with van der Waals surface area (Å²) in [6.07, 6.45) is 1.06. The Morgan fingerprint density at radius 2 is 2.00 bits per heavy atom. The molecule has 0 saturated carbocycles. The highest BCUT2D eigenvalue weighted by atomic mass is 32.1. The molecule has 0 aromatic rings. The first kappa shape index (κ1) is 12.8. The molecule has 1 atom stereocenters. The van der Waals surface area contributed by atoms with Gasteiger partial charge in [0.1, 0.15) is 0 Å². The lowest BCUT2D eigenvalue weighted by Crippen LogP contribution is -2.18. The number of thiol groups is 1. The molecule has 0 spiro atoms. The molecule has 0 fully saturated rings. The lowest BCUT2D eigenvalue weighted by Gasteiger charge is -2.22. The van der Waals surface area contributed by atoms with E-state index in [-0.39, 0.29) is 11.7 Å². The van der Waals surface area contributed by atoms with Crippen molar-refractivity contribution in [1.82, 2.24) is 0 Å². The van der Waals surface area contributed by atoms with E-state index in [9.17, 15) is 4.79 Å². The highest BCUT2D eigenvalue weighted by Gasteiger charge is 2.16. The van der Waals surface area contributed by atoms with Crippen molar-refractivity contribution in [2.45, 2.75) is 34.1 Å². The minimum atomic E-state index is -0.232. The van der Waals surface area contributed by atoms with Gasteiger partial charge in [-0.15, -0.1) is 0 Å². The van der Waals surface area contributed by atoms with E-state index in [2.05, 4.69) is 40.3 Å². The van der Waals surface area contributed by atoms with Crippen molar-refractivity contribution in [1.29, 1.82) is 0 Å². The van der Waals surface area contributed by atoms with Crippen LogP contribution in [0, 0.1) is 11.3 Å². The highest BCUT2D eigenvalue weighted by molar-refractivity contribution is 7.81. The average Bonchev–Trinajstić information content (AvgIpc) is 1.97. The van der Waals surface area contributed by atoms with Crippen LogP contribution in [-0.2, 0) is 9.53 Å². The molecule has 0 rings (SSSR count). The van der Waals surface area contributed by atoms with Crippen LogP contribution in [0.3, 0.4) is 0 Å². The number of rotatable bonds is 4. The molecule has 0 unspecified atom stereocenters. The molecule has 0 amide bonds. The molecule has 78 valence electrons. The number of carbonyl (C=O) groups excluding carboxylic acids is 1. The van der Waals surface area contributed by atoms with Gasteiger partial charge in [-0.05, 0) is 17.8 Å². The van der Waals surface area contributed by atoms with E-state index in [0.717, 1.165) is 6.42 Å². The Labute approximate surface area is 86.5 Å². The van der Waals surface area contributed by atoms with Crippen molar-refractivity contribution in [2.24, 2.45) is 11.3 Å². The van der Waals surface area contributed by atoms with Gasteiger partial charge in [0.15, 0.2) is 0 Å². The summed E-state index contributed by atoms with van der Waals surface area (Å²) < 4.78 is 4.98. The normalized spacial score (nSPS) is 13.9. The first-order valence-electron chi connectivity index (χ1n) is 4.61. The van der Waals surface area contributed by atoms with Gasteiger partial charge < -0.3 is 4.74 Å². The van der Waals surface area contributed by atoms with Crippen molar-refractivity contribution >= 4 is 18.6 Å². The van der Waals surface area contributed by atoms with E-state index >= 15 is 0 Å². The van der Waals surface area contributed by atoms with Gasteiger partial charge in [0.2, 0.25) is 0 Å². The fourth-order valence-electron chi connectivity index (χ4n) is 1.39. The maximum atomic E-state index is 10.8. The smallest absolute Gasteiger partial charge is 0.315 e. The van der Waals surface area contributed by atoms with Crippen LogP contribution in [0.4, 0.5) is 0 Å². The van der Waals surface area contributed by atoms with Gasteiger partial charge in [-0.25, -0.2) is 0 Å². The predicted molar refractivity (Wildman–Crippen MR) is 58.0 cm³/mol. The van der Waals surface area contributed by atoms with Crippen molar-refractivity contribution in [3.8, 4) is 0 Å². The molecule has 0 radical (unpaired) electrons. The second-order valence-electron chi connectivity index (χ2n) is 4.71. The first-order valence-corrected chi connectivity index (χ1v) is 5.25. The third kappa shape index (κ3) is 8.16. The van der Waals surface area contributed by atoms with Crippen molar-refractivity contribution in [3.05, 3.63) is 0 Å². The summed E-state index contributed by atoms with van der Waals surface area (Å²) in [4.78, 5) is 10.8. The lowest BCUT2D eigenvalue weighted by atomic mass is 9.86. The number of hydrogen-bond acceptors (Lipinski definition) is 3. The maximum absolute atomic E-state index is 10.8. The monoisotopic (exact) mass is 204 g/mol. The molecular formula is C10H20O2S. The van der Waals surface area contributed by atoms with E-state index < -0.39 is 0 Å². The number of hydrogen-bond donors (Lipinski definition) is 1.